The highest BCUT2D eigenvalue weighted by atomic mass is 35.5. The fraction of sp³-hybridized carbons (Fsp3) is 0.278. The Labute approximate surface area is 157 Å². The van der Waals surface area contributed by atoms with Crippen molar-refractivity contribution >= 4 is 27.3 Å². The molecule has 0 saturated carbocycles. The van der Waals surface area contributed by atoms with E-state index in [9.17, 15) is 13.2 Å². The van der Waals surface area contributed by atoms with Crippen molar-refractivity contribution in [2.45, 2.75) is 17.9 Å². The summed E-state index contributed by atoms with van der Waals surface area (Å²) in [4.78, 5) is 12.4. The lowest BCUT2D eigenvalue weighted by molar-refractivity contribution is 0.0950. The van der Waals surface area contributed by atoms with Crippen LogP contribution in [-0.4, -0.2) is 33.8 Å². The average molecular weight is 396 g/mol. The Bertz CT molecular complexity index is 943. The monoisotopic (exact) mass is 395 g/mol. The summed E-state index contributed by atoms with van der Waals surface area (Å²) < 4.78 is 34.4. The van der Waals surface area contributed by atoms with Crippen LogP contribution in [0.5, 0.6) is 11.5 Å². The van der Waals surface area contributed by atoms with Crippen molar-refractivity contribution in [1.29, 1.82) is 0 Å². The quantitative estimate of drug-likeness (QED) is 0.860. The summed E-state index contributed by atoms with van der Waals surface area (Å²) in [7, 11) is -3.37. The molecule has 8 heteroatoms. The van der Waals surface area contributed by atoms with Gasteiger partial charge in [0, 0.05) is 24.8 Å². The van der Waals surface area contributed by atoms with Crippen LogP contribution in [0.1, 0.15) is 22.3 Å². The molecule has 1 aliphatic rings. The van der Waals surface area contributed by atoms with Crippen LogP contribution in [0.2, 0.25) is 5.02 Å². The Morgan fingerprint density at radius 1 is 1.19 bits per heavy atom. The molecule has 0 aliphatic carbocycles. The number of carbonyl (C=O) groups excluding carboxylic acids is 1. The number of nitrogens with one attached hydrogen (secondary N) is 1. The molecule has 2 aromatic rings. The van der Waals surface area contributed by atoms with Gasteiger partial charge in [-0.3, -0.25) is 4.79 Å². The predicted molar refractivity (Wildman–Crippen MR) is 97.8 cm³/mol. The van der Waals surface area contributed by atoms with E-state index in [2.05, 4.69) is 5.32 Å². The Hall–Kier alpha value is -2.25. The molecule has 1 amide bonds. The average Bonchev–Trinajstić information content (AvgIpc) is 2.85. The number of sulfone groups is 1. The van der Waals surface area contributed by atoms with Gasteiger partial charge in [0.15, 0.2) is 21.3 Å². The molecule has 0 radical (unpaired) electrons. The molecule has 0 atom stereocenters. The molecule has 0 spiro atoms. The lowest BCUT2D eigenvalue weighted by atomic mass is 10.1. The number of carbonyl (C=O) groups is 1. The number of benzene rings is 2. The van der Waals surface area contributed by atoms with Crippen molar-refractivity contribution in [2.75, 3.05) is 19.5 Å². The molecule has 26 heavy (non-hydrogen) atoms. The second-order valence-corrected chi connectivity index (χ2v) is 8.36. The van der Waals surface area contributed by atoms with Crippen LogP contribution in [0, 0.1) is 0 Å². The minimum Gasteiger partial charge on any atom is -0.489 e. The summed E-state index contributed by atoms with van der Waals surface area (Å²) >= 11 is 6.24. The smallest absolute Gasteiger partial charge is 0.251 e. The van der Waals surface area contributed by atoms with Gasteiger partial charge < -0.3 is 14.8 Å². The van der Waals surface area contributed by atoms with Gasteiger partial charge in [-0.1, -0.05) is 17.7 Å². The van der Waals surface area contributed by atoms with Crippen molar-refractivity contribution in [1.82, 2.24) is 5.32 Å². The van der Waals surface area contributed by atoms with E-state index in [0.29, 0.717) is 29.7 Å². The molecule has 1 heterocycles. The highest BCUT2D eigenvalue weighted by molar-refractivity contribution is 7.90. The van der Waals surface area contributed by atoms with Gasteiger partial charge in [-0.25, -0.2) is 8.42 Å². The topological polar surface area (TPSA) is 81.7 Å². The number of ether oxygens (including phenoxy) is 2. The second kappa shape index (κ2) is 7.55. The third-order valence-electron chi connectivity index (χ3n) is 3.84. The van der Waals surface area contributed by atoms with Crippen molar-refractivity contribution in [3.63, 3.8) is 0 Å². The maximum atomic E-state index is 12.3. The summed E-state index contributed by atoms with van der Waals surface area (Å²) in [6.07, 6.45) is 1.87. The number of fused-ring (bicyclic) bond motifs is 1. The Morgan fingerprint density at radius 2 is 1.96 bits per heavy atom. The number of hydrogen-bond donors (Lipinski definition) is 1. The molecule has 0 bridgehead atoms. The standard InChI is InChI=1S/C18H18ClNO5S/c1-26(22,23)14-5-2-4-13(10-14)18(21)20-11-12-8-15(19)17-16(9-12)24-6-3-7-25-17/h2,4-5,8-10H,3,6-7,11H2,1H3,(H,20,21). The van der Waals surface area contributed by atoms with E-state index in [4.69, 9.17) is 21.1 Å². The summed E-state index contributed by atoms with van der Waals surface area (Å²) in [5.74, 6) is 0.692. The van der Waals surface area contributed by atoms with Gasteiger partial charge in [0.1, 0.15) is 0 Å². The minimum absolute atomic E-state index is 0.101. The predicted octanol–water partition coefficient (Wildman–Crippen LogP) is 2.83. The first-order chi connectivity index (χ1) is 12.3. The normalized spacial score (nSPS) is 13.8. The van der Waals surface area contributed by atoms with Crippen LogP contribution in [0.15, 0.2) is 41.3 Å². The first-order valence-corrected chi connectivity index (χ1v) is 10.3. The summed E-state index contributed by atoms with van der Waals surface area (Å²) in [5.41, 5.74) is 1.03. The zero-order valence-electron chi connectivity index (χ0n) is 14.1. The van der Waals surface area contributed by atoms with E-state index in [1.807, 2.05) is 0 Å². The molecular formula is C18H18ClNO5S. The van der Waals surface area contributed by atoms with E-state index >= 15 is 0 Å². The van der Waals surface area contributed by atoms with Gasteiger partial charge in [-0.05, 0) is 35.9 Å². The maximum absolute atomic E-state index is 12.3. The number of hydrogen-bond acceptors (Lipinski definition) is 5. The Kier molecular flexibility index (Phi) is 5.38. The first kappa shape index (κ1) is 18.5. The highest BCUT2D eigenvalue weighted by Crippen LogP contribution is 2.37. The number of amides is 1. The molecule has 1 aliphatic heterocycles. The lowest BCUT2D eigenvalue weighted by Crippen LogP contribution is -2.23. The fourth-order valence-electron chi connectivity index (χ4n) is 2.54. The zero-order valence-corrected chi connectivity index (χ0v) is 15.7. The van der Waals surface area contributed by atoms with E-state index in [1.165, 1.54) is 18.2 Å². The third kappa shape index (κ3) is 4.28. The van der Waals surface area contributed by atoms with Crippen LogP contribution in [0.25, 0.3) is 0 Å². The fourth-order valence-corrected chi connectivity index (χ4v) is 3.49. The van der Waals surface area contributed by atoms with E-state index in [0.717, 1.165) is 18.2 Å². The van der Waals surface area contributed by atoms with Crippen molar-refractivity contribution in [3.05, 3.63) is 52.5 Å². The van der Waals surface area contributed by atoms with Crippen LogP contribution in [0.3, 0.4) is 0 Å². The summed E-state index contributed by atoms with van der Waals surface area (Å²) in [6.45, 7) is 1.30. The maximum Gasteiger partial charge on any atom is 0.251 e. The second-order valence-electron chi connectivity index (χ2n) is 5.94. The van der Waals surface area contributed by atoms with Gasteiger partial charge in [0.2, 0.25) is 0 Å². The first-order valence-electron chi connectivity index (χ1n) is 8.01. The van der Waals surface area contributed by atoms with Crippen molar-refractivity contribution in [2.24, 2.45) is 0 Å². The van der Waals surface area contributed by atoms with Crippen LogP contribution >= 0.6 is 11.6 Å². The third-order valence-corrected chi connectivity index (χ3v) is 5.23. The molecule has 1 N–H and O–H groups in total. The molecule has 6 nitrogen and oxygen atoms in total. The number of rotatable bonds is 4. The highest BCUT2D eigenvalue weighted by Gasteiger charge is 2.16. The van der Waals surface area contributed by atoms with Crippen LogP contribution in [-0.2, 0) is 16.4 Å². The number of halogens is 1. The van der Waals surface area contributed by atoms with Gasteiger partial charge in [0.25, 0.3) is 5.91 Å². The summed E-state index contributed by atoms with van der Waals surface area (Å²) in [5, 5.41) is 3.18. The van der Waals surface area contributed by atoms with Gasteiger partial charge in [0.05, 0.1) is 23.1 Å². The molecule has 0 unspecified atom stereocenters. The Morgan fingerprint density at radius 3 is 2.73 bits per heavy atom. The molecular weight excluding hydrogens is 378 g/mol. The van der Waals surface area contributed by atoms with E-state index < -0.39 is 9.84 Å². The largest absolute Gasteiger partial charge is 0.489 e. The molecule has 138 valence electrons. The molecule has 0 fully saturated rings. The van der Waals surface area contributed by atoms with Crippen molar-refractivity contribution in [3.8, 4) is 11.5 Å². The van der Waals surface area contributed by atoms with Crippen LogP contribution < -0.4 is 14.8 Å². The van der Waals surface area contributed by atoms with Crippen LogP contribution in [0.4, 0.5) is 0 Å². The van der Waals surface area contributed by atoms with E-state index in [-0.39, 0.29) is 22.9 Å². The molecule has 2 aromatic carbocycles. The molecule has 0 saturated heterocycles. The summed E-state index contributed by atoms with van der Waals surface area (Å²) in [6, 6.07) is 9.39. The Balaban J connectivity index is 1.74. The van der Waals surface area contributed by atoms with Gasteiger partial charge in [-0.2, -0.15) is 0 Å². The lowest BCUT2D eigenvalue weighted by Gasteiger charge is -2.12. The van der Waals surface area contributed by atoms with Gasteiger partial charge in [-0.15, -0.1) is 0 Å². The molecule has 0 aromatic heterocycles. The van der Waals surface area contributed by atoms with E-state index in [1.54, 1.807) is 18.2 Å². The zero-order chi connectivity index (χ0) is 18.7. The van der Waals surface area contributed by atoms with Gasteiger partial charge >= 0.3 is 0 Å². The van der Waals surface area contributed by atoms with Crippen molar-refractivity contribution < 1.29 is 22.7 Å². The SMILES string of the molecule is CS(=O)(=O)c1cccc(C(=O)NCc2cc(Cl)c3c(c2)OCCCO3)c1. The minimum atomic E-state index is -3.37. The molecule has 3 rings (SSSR count).